The monoisotopic (exact) mass is 232 g/mol. The van der Waals surface area contributed by atoms with E-state index >= 15 is 0 Å². The van der Waals surface area contributed by atoms with Crippen LogP contribution in [0, 0.1) is 11.3 Å². The minimum Gasteiger partial charge on any atom is -0.379 e. The van der Waals surface area contributed by atoms with Crippen LogP contribution in [0.5, 0.6) is 0 Å². The highest BCUT2D eigenvalue weighted by Gasteiger charge is 1.98. The fourth-order valence-corrected chi connectivity index (χ4v) is 1.78. The van der Waals surface area contributed by atoms with Crippen LogP contribution in [0.25, 0.3) is 0 Å². The Morgan fingerprint density at radius 2 is 2.50 bits per heavy atom. The molecule has 2 rings (SSSR count). The number of nitriles is 1. The van der Waals surface area contributed by atoms with Crippen LogP contribution in [0.2, 0.25) is 0 Å². The van der Waals surface area contributed by atoms with Crippen LogP contribution in [-0.2, 0) is 6.54 Å². The van der Waals surface area contributed by atoms with E-state index in [9.17, 15) is 4.79 Å². The van der Waals surface area contributed by atoms with Crippen LogP contribution in [0.1, 0.15) is 11.4 Å². The van der Waals surface area contributed by atoms with Crippen molar-refractivity contribution in [3.8, 4) is 6.07 Å². The molecule has 0 saturated carbocycles. The Morgan fingerprint density at radius 3 is 3.19 bits per heavy atom. The van der Waals surface area contributed by atoms with Gasteiger partial charge in [0.25, 0.3) is 0 Å². The Bertz CT molecular complexity index is 581. The van der Waals surface area contributed by atoms with Gasteiger partial charge in [-0.3, -0.25) is 4.79 Å². The summed E-state index contributed by atoms with van der Waals surface area (Å²) in [6, 6.07) is 5.39. The van der Waals surface area contributed by atoms with Crippen molar-refractivity contribution in [1.29, 1.82) is 5.26 Å². The molecule has 0 amide bonds. The largest absolute Gasteiger partial charge is 0.379 e. The molecule has 0 radical (unpaired) electrons. The summed E-state index contributed by atoms with van der Waals surface area (Å²) in [6.07, 6.45) is 1.57. The topological polar surface area (TPSA) is 81.6 Å². The molecule has 2 aromatic rings. The average molecular weight is 232 g/mol. The van der Waals surface area contributed by atoms with Crippen LogP contribution in [0.15, 0.2) is 28.5 Å². The molecule has 2 heterocycles. The summed E-state index contributed by atoms with van der Waals surface area (Å²) in [5.41, 5.74) is 1.99. The molecule has 0 saturated heterocycles. The van der Waals surface area contributed by atoms with E-state index in [4.69, 9.17) is 5.26 Å². The van der Waals surface area contributed by atoms with Crippen molar-refractivity contribution >= 4 is 17.0 Å². The molecular weight excluding hydrogens is 224 g/mol. The van der Waals surface area contributed by atoms with Gasteiger partial charge in [-0.25, -0.2) is 4.98 Å². The molecule has 0 aliphatic heterocycles. The van der Waals surface area contributed by atoms with Crippen molar-refractivity contribution in [2.75, 3.05) is 5.32 Å². The number of anilines is 1. The molecular formula is C10H8N4OS. The molecule has 5 nitrogen and oxygen atoms in total. The fraction of sp³-hybridized carbons (Fsp3) is 0.100. The van der Waals surface area contributed by atoms with Crippen LogP contribution in [-0.4, -0.2) is 9.97 Å². The van der Waals surface area contributed by atoms with Gasteiger partial charge < -0.3 is 10.3 Å². The molecule has 0 aliphatic carbocycles. The number of nitrogens with zero attached hydrogens (tertiary/aromatic N) is 2. The number of thiazole rings is 1. The van der Waals surface area contributed by atoms with Gasteiger partial charge in [0.05, 0.1) is 6.54 Å². The Morgan fingerprint density at radius 1 is 1.62 bits per heavy atom. The van der Waals surface area contributed by atoms with Gasteiger partial charge in [0, 0.05) is 23.0 Å². The lowest BCUT2D eigenvalue weighted by molar-refractivity contribution is 1.06. The van der Waals surface area contributed by atoms with Crippen molar-refractivity contribution in [2.24, 2.45) is 0 Å². The van der Waals surface area contributed by atoms with E-state index in [1.165, 1.54) is 0 Å². The summed E-state index contributed by atoms with van der Waals surface area (Å²) < 4.78 is 0. The number of hydrogen-bond acceptors (Lipinski definition) is 5. The van der Waals surface area contributed by atoms with Crippen LogP contribution >= 0.6 is 11.3 Å². The third-order valence-corrected chi connectivity index (χ3v) is 2.65. The first-order chi connectivity index (χ1) is 7.78. The Kier molecular flexibility index (Phi) is 2.98. The quantitative estimate of drug-likeness (QED) is 0.836. The molecule has 0 aromatic carbocycles. The van der Waals surface area contributed by atoms with Crippen molar-refractivity contribution in [3.63, 3.8) is 0 Å². The number of aromatic nitrogens is 2. The van der Waals surface area contributed by atoms with E-state index in [-0.39, 0.29) is 4.87 Å². The SMILES string of the molecule is N#Cc1cc(NCc2csc(=O)[nH]2)ccn1. The van der Waals surface area contributed by atoms with Gasteiger partial charge in [-0.05, 0) is 12.1 Å². The normalized spacial score (nSPS) is 9.69. The van der Waals surface area contributed by atoms with Gasteiger partial charge in [-0.2, -0.15) is 5.26 Å². The molecule has 0 atom stereocenters. The first-order valence-corrected chi connectivity index (χ1v) is 5.42. The minimum atomic E-state index is -0.0655. The lowest BCUT2D eigenvalue weighted by Gasteiger charge is -2.03. The van der Waals surface area contributed by atoms with E-state index in [0.717, 1.165) is 22.7 Å². The predicted molar refractivity (Wildman–Crippen MR) is 61.2 cm³/mol. The average Bonchev–Trinajstić information content (AvgIpc) is 2.73. The third kappa shape index (κ3) is 2.46. The van der Waals surface area contributed by atoms with E-state index in [1.807, 2.05) is 6.07 Å². The van der Waals surface area contributed by atoms with Gasteiger partial charge in [0.1, 0.15) is 11.8 Å². The molecule has 0 aliphatic rings. The second-order valence-electron chi connectivity index (χ2n) is 3.07. The molecule has 0 fully saturated rings. The van der Waals surface area contributed by atoms with Gasteiger partial charge in [0.15, 0.2) is 0 Å². The van der Waals surface area contributed by atoms with Gasteiger partial charge >= 0.3 is 4.87 Å². The van der Waals surface area contributed by atoms with E-state index in [2.05, 4.69) is 15.3 Å². The van der Waals surface area contributed by atoms with Gasteiger partial charge in [-0.15, -0.1) is 0 Å². The van der Waals surface area contributed by atoms with Crippen molar-refractivity contribution in [3.05, 3.63) is 44.8 Å². The highest BCUT2D eigenvalue weighted by molar-refractivity contribution is 7.07. The fourth-order valence-electron chi connectivity index (χ4n) is 1.20. The zero-order valence-corrected chi connectivity index (χ0v) is 9.04. The predicted octanol–water partition coefficient (Wildman–Crippen LogP) is 1.32. The molecule has 2 N–H and O–H groups in total. The summed E-state index contributed by atoms with van der Waals surface area (Å²) in [7, 11) is 0. The van der Waals surface area contributed by atoms with Crippen LogP contribution < -0.4 is 10.2 Å². The van der Waals surface area contributed by atoms with Crippen molar-refractivity contribution < 1.29 is 0 Å². The molecule has 80 valence electrons. The van der Waals surface area contributed by atoms with E-state index in [1.54, 1.807) is 23.7 Å². The number of pyridine rings is 1. The van der Waals surface area contributed by atoms with Crippen molar-refractivity contribution in [2.45, 2.75) is 6.54 Å². The van der Waals surface area contributed by atoms with E-state index in [0.29, 0.717) is 12.2 Å². The molecule has 16 heavy (non-hydrogen) atoms. The number of hydrogen-bond donors (Lipinski definition) is 2. The first kappa shape index (κ1) is 10.4. The maximum absolute atomic E-state index is 10.9. The smallest absolute Gasteiger partial charge is 0.304 e. The zero-order valence-electron chi connectivity index (χ0n) is 8.23. The molecule has 0 bridgehead atoms. The van der Waals surface area contributed by atoms with Crippen LogP contribution in [0.3, 0.4) is 0 Å². The van der Waals surface area contributed by atoms with Gasteiger partial charge in [-0.1, -0.05) is 11.3 Å². The minimum absolute atomic E-state index is 0.0655. The Labute approximate surface area is 95.4 Å². The highest BCUT2D eigenvalue weighted by Crippen LogP contribution is 2.08. The summed E-state index contributed by atoms with van der Waals surface area (Å²) in [5, 5.41) is 13.5. The first-order valence-electron chi connectivity index (χ1n) is 4.54. The number of nitrogens with one attached hydrogen (secondary N) is 2. The Hall–Kier alpha value is -2.13. The second kappa shape index (κ2) is 4.59. The molecule has 2 aromatic heterocycles. The number of rotatable bonds is 3. The zero-order chi connectivity index (χ0) is 11.4. The molecule has 0 spiro atoms. The third-order valence-electron chi connectivity index (χ3n) is 1.93. The Balaban J connectivity index is 2.05. The molecule has 6 heteroatoms. The van der Waals surface area contributed by atoms with Gasteiger partial charge in [0.2, 0.25) is 0 Å². The highest BCUT2D eigenvalue weighted by atomic mass is 32.1. The summed E-state index contributed by atoms with van der Waals surface area (Å²) >= 11 is 1.13. The second-order valence-corrected chi connectivity index (χ2v) is 3.91. The maximum Gasteiger partial charge on any atom is 0.304 e. The van der Waals surface area contributed by atoms with Crippen molar-refractivity contribution in [1.82, 2.24) is 9.97 Å². The maximum atomic E-state index is 10.9. The summed E-state index contributed by atoms with van der Waals surface area (Å²) in [4.78, 5) is 17.4. The standard InChI is InChI=1S/C10H8N4OS/c11-4-8-3-7(1-2-12-8)13-5-9-6-16-10(15)14-9/h1-3,6H,5H2,(H,12,13)(H,14,15). The summed E-state index contributed by atoms with van der Waals surface area (Å²) in [5.74, 6) is 0. The number of aromatic amines is 1. The van der Waals surface area contributed by atoms with Crippen LogP contribution in [0.4, 0.5) is 5.69 Å². The lowest BCUT2D eigenvalue weighted by atomic mass is 10.3. The lowest BCUT2D eigenvalue weighted by Crippen LogP contribution is -2.03. The number of H-pyrrole nitrogens is 1. The van der Waals surface area contributed by atoms with E-state index < -0.39 is 0 Å². The molecule has 0 unspecified atom stereocenters. The summed E-state index contributed by atoms with van der Waals surface area (Å²) in [6.45, 7) is 0.521.